The van der Waals surface area contributed by atoms with Gasteiger partial charge in [-0.15, -0.1) is 0 Å². The van der Waals surface area contributed by atoms with Crippen LogP contribution in [0.2, 0.25) is 0 Å². The number of aromatic nitrogens is 1. The van der Waals surface area contributed by atoms with Crippen LogP contribution in [0.4, 0.5) is 0 Å². The van der Waals surface area contributed by atoms with E-state index in [1.54, 1.807) is 7.11 Å². The number of benzene rings is 1. The van der Waals surface area contributed by atoms with Crippen molar-refractivity contribution in [1.82, 2.24) is 4.98 Å². The van der Waals surface area contributed by atoms with Crippen molar-refractivity contribution in [3.8, 4) is 0 Å². The van der Waals surface area contributed by atoms with Crippen molar-refractivity contribution in [2.24, 2.45) is 0 Å². The monoisotopic (exact) mass is 173 g/mol. The molecule has 1 heterocycles. The summed E-state index contributed by atoms with van der Waals surface area (Å²) in [6.07, 6.45) is 1.91. The Kier molecular flexibility index (Phi) is 1.81. The standard InChI is InChI=1S/C11H11NO/c1-8(13-2)10-7-12-11-6-4-3-5-9(10)11/h3-7,12H,1H2,2H3. The Morgan fingerprint density at radius 1 is 1.38 bits per heavy atom. The zero-order valence-corrected chi connectivity index (χ0v) is 7.50. The largest absolute Gasteiger partial charge is 0.497 e. The molecule has 0 aliphatic heterocycles. The van der Waals surface area contributed by atoms with Crippen LogP contribution in [0.15, 0.2) is 37.0 Å². The molecule has 0 saturated heterocycles. The Morgan fingerprint density at radius 2 is 2.15 bits per heavy atom. The van der Waals surface area contributed by atoms with Crippen LogP contribution in [0.25, 0.3) is 16.7 Å². The van der Waals surface area contributed by atoms with Gasteiger partial charge in [0.1, 0.15) is 5.76 Å². The van der Waals surface area contributed by atoms with Gasteiger partial charge in [0, 0.05) is 22.7 Å². The predicted molar refractivity (Wildman–Crippen MR) is 54.3 cm³/mol. The molecule has 2 nitrogen and oxygen atoms in total. The topological polar surface area (TPSA) is 25.0 Å². The second kappa shape index (κ2) is 2.98. The van der Waals surface area contributed by atoms with Gasteiger partial charge in [0.25, 0.3) is 0 Å². The summed E-state index contributed by atoms with van der Waals surface area (Å²) in [5, 5.41) is 1.15. The number of methoxy groups -OCH3 is 1. The van der Waals surface area contributed by atoms with E-state index >= 15 is 0 Å². The Balaban J connectivity index is 2.64. The molecule has 1 aromatic heterocycles. The molecule has 66 valence electrons. The number of rotatable bonds is 2. The van der Waals surface area contributed by atoms with Crippen LogP contribution in [0, 0.1) is 0 Å². The van der Waals surface area contributed by atoms with Gasteiger partial charge >= 0.3 is 0 Å². The van der Waals surface area contributed by atoms with Crippen molar-refractivity contribution >= 4 is 16.7 Å². The Morgan fingerprint density at radius 3 is 2.92 bits per heavy atom. The van der Waals surface area contributed by atoms with Gasteiger partial charge in [0.2, 0.25) is 0 Å². The second-order valence-corrected chi connectivity index (χ2v) is 2.88. The molecule has 0 atom stereocenters. The van der Waals surface area contributed by atoms with Gasteiger partial charge in [-0.05, 0) is 6.07 Å². The van der Waals surface area contributed by atoms with Gasteiger partial charge in [0.05, 0.1) is 7.11 Å². The highest BCUT2D eigenvalue weighted by atomic mass is 16.5. The number of hydrogen-bond donors (Lipinski definition) is 1. The van der Waals surface area contributed by atoms with E-state index in [0.29, 0.717) is 5.76 Å². The third-order valence-electron chi connectivity index (χ3n) is 2.14. The SMILES string of the molecule is C=C(OC)c1c[nH]c2ccccc12. The summed E-state index contributed by atoms with van der Waals surface area (Å²) in [4.78, 5) is 3.16. The molecule has 0 amide bonds. The van der Waals surface area contributed by atoms with Crippen molar-refractivity contribution in [3.63, 3.8) is 0 Å². The highest BCUT2D eigenvalue weighted by Crippen LogP contribution is 2.23. The van der Waals surface area contributed by atoms with Gasteiger partial charge in [-0.25, -0.2) is 0 Å². The molecule has 0 spiro atoms. The average Bonchev–Trinajstić information content (AvgIpc) is 2.60. The maximum Gasteiger partial charge on any atom is 0.121 e. The third-order valence-corrected chi connectivity index (χ3v) is 2.14. The Bertz CT molecular complexity index is 442. The van der Waals surface area contributed by atoms with E-state index in [1.165, 1.54) is 0 Å². The zero-order chi connectivity index (χ0) is 9.26. The molecule has 2 rings (SSSR count). The van der Waals surface area contributed by atoms with Crippen molar-refractivity contribution in [3.05, 3.63) is 42.6 Å². The smallest absolute Gasteiger partial charge is 0.121 e. The highest BCUT2D eigenvalue weighted by molar-refractivity contribution is 5.90. The number of para-hydroxylation sites is 1. The van der Waals surface area contributed by atoms with Crippen molar-refractivity contribution in [1.29, 1.82) is 0 Å². The minimum absolute atomic E-state index is 0.692. The summed E-state index contributed by atoms with van der Waals surface area (Å²) in [5.41, 5.74) is 2.13. The number of fused-ring (bicyclic) bond motifs is 1. The first-order chi connectivity index (χ1) is 6.33. The van der Waals surface area contributed by atoms with Crippen LogP contribution in [-0.4, -0.2) is 12.1 Å². The second-order valence-electron chi connectivity index (χ2n) is 2.88. The number of ether oxygens (including phenoxy) is 1. The summed E-state index contributed by atoms with van der Waals surface area (Å²) >= 11 is 0. The average molecular weight is 173 g/mol. The van der Waals surface area contributed by atoms with Crippen molar-refractivity contribution in [2.45, 2.75) is 0 Å². The zero-order valence-electron chi connectivity index (χ0n) is 7.50. The van der Waals surface area contributed by atoms with Gasteiger partial charge < -0.3 is 9.72 Å². The van der Waals surface area contributed by atoms with Crippen LogP contribution in [0.5, 0.6) is 0 Å². The third kappa shape index (κ3) is 1.20. The summed E-state index contributed by atoms with van der Waals surface area (Å²) in [6.45, 7) is 3.82. The van der Waals surface area contributed by atoms with Crippen molar-refractivity contribution in [2.75, 3.05) is 7.11 Å². The highest BCUT2D eigenvalue weighted by Gasteiger charge is 2.05. The summed E-state index contributed by atoms with van der Waals surface area (Å²) in [7, 11) is 1.63. The molecule has 0 aliphatic rings. The lowest BCUT2D eigenvalue weighted by molar-refractivity contribution is 0.372. The van der Waals surface area contributed by atoms with E-state index in [1.807, 2.05) is 30.5 Å². The van der Waals surface area contributed by atoms with Gasteiger partial charge in [0.15, 0.2) is 0 Å². The minimum atomic E-state index is 0.692. The first-order valence-electron chi connectivity index (χ1n) is 4.12. The predicted octanol–water partition coefficient (Wildman–Crippen LogP) is 2.79. The van der Waals surface area contributed by atoms with E-state index in [0.717, 1.165) is 16.5 Å². The van der Waals surface area contributed by atoms with Gasteiger partial charge in [-0.1, -0.05) is 24.8 Å². The molecule has 2 heteroatoms. The molecule has 0 unspecified atom stereocenters. The van der Waals surface area contributed by atoms with Gasteiger partial charge in [-0.3, -0.25) is 0 Å². The molecule has 0 bridgehead atoms. The molecule has 0 aliphatic carbocycles. The first-order valence-corrected chi connectivity index (χ1v) is 4.12. The first kappa shape index (κ1) is 7.92. The summed E-state index contributed by atoms with van der Waals surface area (Å²) in [5.74, 6) is 0.692. The molecule has 13 heavy (non-hydrogen) atoms. The number of aromatic amines is 1. The van der Waals surface area contributed by atoms with E-state index in [9.17, 15) is 0 Å². The normalized spacial score (nSPS) is 10.2. The Hall–Kier alpha value is -1.70. The molecular weight excluding hydrogens is 162 g/mol. The number of hydrogen-bond acceptors (Lipinski definition) is 1. The van der Waals surface area contributed by atoms with Crippen molar-refractivity contribution < 1.29 is 4.74 Å². The van der Waals surface area contributed by atoms with Crippen LogP contribution in [0.1, 0.15) is 5.56 Å². The van der Waals surface area contributed by atoms with Gasteiger partial charge in [-0.2, -0.15) is 0 Å². The minimum Gasteiger partial charge on any atom is -0.497 e. The fourth-order valence-corrected chi connectivity index (χ4v) is 1.41. The molecular formula is C11H11NO. The fourth-order valence-electron chi connectivity index (χ4n) is 1.41. The maximum absolute atomic E-state index is 5.09. The molecule has 0 fully saturated rings. The van der Waals surface area contributed by atoms with Crippen LogP contribution >= 0.6 is 0 Å². The Labute approximate surface area is 76.8 Å². The van der Waals surface area contributed by atoms with E-state index < -0.39 is 0 Å². The van der Waals surface area contributed by atoms with Crippen LogP contribution < -0.4 is 0 Å². The lowest BCUT2D eigenvalue weighted by Gasteiger charge is -2.00. The number of nitrogens with one attached hydrogen (secondary N) is 1. The molecule has 1 N–H and O–H groups in total. The van der Waals surface area contributed by atoms with E-state index in [-0.39, 0.29) is 0 Å². The number of H-pyrrole nitrogens is 1. The van der Waals surface area contributed by atoms with E-state index in [4.69, 9.17) is 4.74 Å². The fraction of sp³-hybridized carbons (Fsp3) is 0.0909. The molecule has 1 aromatic carbocycles. The molecule has 2 aromatic rings. The van der Waals surface area contributed by atoms with Crippen LogP contribution in [-0.2, 0) is 4.74 Å². The van der Waals surface area contributed by atoms with E-state index in [2.05, 4.69) is 11.6 Å². The maximum atomic E-state index is 5.09. The summed E-state index contributed by atoms with van der Waals surface area (Å²) in [6, 6.07) is 8.08. The summed E-state index contributed by atoms with van der Waals surface area (Å²) < 4.78 is 5.09. The molecule has 0 radical (unpaired) electrons. The van der Waals surface area contributed by atoms with Crippen LogP contribution in [0.3, 0.4) is 0 Å². The lowest BCUT2D eigenvalue weighted by Crippen LogP contribution is -1.81. The molecule has 0 saturated carbocycles. The lowest BCUT2D eigenvalue weighted by atomic mass is 10.1. The quantitative estimate of drug-likeness (QED) is 0.694.